The lowest BCUT2D eigenvalue weighted by atomic mass is 10.1. The molecule has 1 unspecified atom stereocenters. The first-order valence-electron chi connectivity index (χ1n) is 11.6. The Bertz CT molecular complexity index is 1520. The fourth-order valence-electron chi connectivity index (χ4n) is 4.67. The van der Waals surface area contributed by atoms with Crippen molar-refractivity contribution in [3.63, 3.8) is 0 Å². The summed E-state index contributed by atoms with van der Waals surface area (Å²) in [6.45, 7) is 1.40. The van der Waals surface area contributed by atoms with Crippen LogP contribution in [0.1, 0.15) is 34.5 Å². The van der Waals surface area contributed by atoms with Gasteiger partial charge in [-0.1, -0.05) is 12.1 Å². The van der Waals surface area contributed by atoms with Crippen molar-refractivity contribution in [3.05, 3.63) is 68.7 Å². The Morgan fingerprint density at radius 3 is 2.94 bits per heavy atom. The van der Waals surface area contributed by atoms with Crippen LogP contribution in [0.2, 0.25) is 0 Å². The lowest BCUT2D eigenvalue weighted by molar-refractivity contribution is 0.0970. The maximum absolute atomic E-state index is 13.8. The number of piperidine rings is 1. The molecular weight excluding hydrogens is 478 g/mol. The van der Waals surface area contributed by atoms with Crippen LogP contribution < -0.4 is 20.9 Å². The summed E-state index contributed by atoms with van der Waals surface area (Å²) in [7, 11) is 1.53. The van der Waals surface area contributed by atoms with Gasteiger partial charge in [0.1, 0.15) is 34.2 Å². The summed E-state index contributed by atoms with van der Waals surface area (Å²) in [5, 5.41) is 12.0. The zero-order valence-electron chi connectivity index (χ0n) is 19.8. The van der Waals surface area contributed by atoms with Gasteiger partial charge >= 0.3 is 0 Å². The molecule has 1 fully saturated rings. The molecule has 1 aliphatic rings. The van der Waals surface area contributed by atoms with E-state index in [0.29, 0.717) is 41.3 Å². The number of carbonyl (C=O) groups is 1. The molecular formula is C25H25N7O3S. The van der Waals surface area contributed by atoms with E-state index < -0.39 is 5.56 Å². The normalized spacial score (nSPS) is 15.7. The second-order valence-electron chi connectivity index (χ2n) is 8.75. The first-order chi connectivity index (χ1) is 17.5. The van der Waals surface area contributed by atoms with Gasteiger partial charge in [-0.25, -0.2) is 9.97 Å². The van der Waals surface area contributed by atoms with Crippen LogP contribution in [0, 0.1) is 11.3 Å². The summed E-state index contributed by atoms with van der Waals surface area (Å²) in [5.41, 5.74) is 9.70. The molecule has 0 bridgehead atoms. The van der Waals surface area contributed by atoms with Crippen molar-refractivity contribution in [2.45, 2.75) is 32.0 Å². The van der Waals surface area contributed by atoms with Crippen molar-refractivity contribution < 1.29 is 9.53 Å². The molecule has 1 aliphatic heterocycles. The van der Waals surface area contributed by atoms with Gasteiger partial charge < -0.3 is 19.9 Å². The van der Waals surface area contributed by atoms with Gasteiger partial charge in [0.15, 0.2) is 5.78 Å². The zero-order chi connectivity index (χ0) is 25.2. The van der Waals surface area contributed by atoms with Crippen LogP contribution in [-0.4, -0.2) is 51.1 Å². The lowest BCUT2D eigenvalue weighted by Crippen LogP contribution is -2.44. The number of carbonyl (C=O) groups excluding carboxylic acids is 1. The molecule has 0 amide bonds. The first kappa shape index (κ1) is 23.7. The molecule has 36 heavy (non-hydrogen) atoms. The van der Waals surface area contributed by atoms with Crippen LogP contribution in [0.4, 0.5) is 5.82 Å². The van der Waals surface area contributed by atoms with Crippen molar-refractivity contribution in [2.24, 2.45) is 5.73 Å². The van der Waals surface area contributed by atoms with Gasteiger partial charge in [0.05, 0.1) is 37.7 Å². The average Bonchev–Trinajstić information content (AvgIpc) is 3.52. The van der Waals surface area contributed by atoms with Crippen LogP contribution >= 0.6 is 11.3 Å². The topological polar surface area (TPSA) is 132 Å². The summed E-state index contributed by atoms with van der Waals surface area (Å²) in [6.07, 6.45) is 3.13. The van der Waals surface area contributed by atoms with Gasteiger partial charge in [-0.2, -0.15) is 5.26 Å². The third-order valence-corrected chi connectivity index (χ3v) is 7.01. The van der Waals surface area contributed by atoms with E-state index in [4.69, 9.17) is 10.5 Å². The van der Waals surface area contributed by atoms with Gasteiger partial charge in [0, 0.05) is 30.1 Å². The standard InChI is InChI=1S/C25H25N7O3S/c1-35-19-6-2-4-16(8-19)21(33)12-31-14-28-22-20(9-26)24(30-7-3-5-17(27)10-30)32(23(22)25(31)34)11-18-13-36-15-29-18/h2,4,6,8,13-15,17H,3,5,7,10-12,27H2,1H3. The number of methoxy groups -OCH3 is 1. The maximum Gasteiger partial charge on any atom is 0.278 e. The van der Waals surface area contributed by atoms with Gasteiger partial charge in [0.25, 0.3) is 5.56 Å². The summed E-state index contributed by atoms with van der Waals surface area (Å²) in [6, 6.07) is 9.03. The molecule has 0 spiro atoms. The van der Waals surface area contributed by atoms with E-state index in [-0.39, 0.29) is 23.9 Å². The molecule has 11 heteroatoms. The van der Waals surface area contributed by atoms with Crippen LogP contribution in [0.3, 0.4) is 0 Å². The minimum absolute atomic E-state index is 0.0267. The molecule has 1 saturated heterocycles. The van der Waals surface area contributed by atoms with Crippen LogP contribution in [0.25, 0.3) is 11.0 Å². The van der Waals surface area contributed by atoms with E-state index >= 15 is 0 Å². The highest BCUT2D eigenvalue weighted by molar-refractivity contribution is 7.07. The number of thiazole rings is 1. The molecule has 4 aromatic rings. The minimum Gasteiger partial charge on any atom is -0.497 e. The Morgan fingerprint density at radius 2 is 2.22 bits per heavy atom. The summed E-state index contributed by atoms with van der Waals surface area (Å²) in [4.78, 5) is 37.7. The molecule has 3 aromatic heterocycles. The van der Waals surface area contributed by atoms with Gasteiger partial charge in [-0.15, -0.1) is 11.3 Å². The van der Waals surface area contributed by atoms with Crippen molar-refractivity contribution in [3.8, 4) is 11.8 Å². The molecule has 10 nitrogen and oxygen atoms in total. The maximum atomic E-state index is 13.8. The Hall–Kier alpha value is -4.01. The lowest BCUT2D eigenvalue weighted by Gasteiger charge is -2.33. The van der Waals surface area contributed by atoms with Crippen molar-refractivity contribution >= 4 is 34.0 Å². The highest BCUT2D eigenvalue weighted by Gasteiger charge is 2.29. The van der Waals surface area contributed by atoms with Crippen molar-refractivity contribution in [1.29, 1.82) is 5.26 Å². The predicted molar refractivity (Wildman–Crippen MR) is 137 cm³/mol. The number of aromatic nitrogens is 4. The third-order valence-electron chi connectivity index (χ3n) is 6.38. The monoisotopic (exact) mass is 503 g/mol. The number of anilines is 1. The number of rotatable bonds is 7. The number of hydrogen-bond acceptors (Lipinski definition) is 9. The molecule has 0 aliphatic carbocycles. The number of ketones is 1. The number of fused-ring (bicyclic) bond motifs is 1. The minimum atomic E-state index is -0.393. The van der Waals surface area contributed by atoms with Crippen LogP contribution in [0.5, 0.6) is 5.75 Å². The number of nitrogens with zero attached hydrogens (tertiary/aromatic N) is 6. The fraction of sp³-hybridized carbons (Fsp3) is 0.320. The number of hydrogen-bond donors (Lipinski definition) is 1. The first-order valence-corrected chi connectivity index (χ1v) is 12.5. The molecule has 5 rings (SSSR count). The SMILES string of the molecule is COc1cccc(C(=O)Cn2cnc3c(C#N)c(N4CCCC(N)C4)n(Cc4cscn4)c3c2=O)c1. The highest BCUT2D eigenvalue weighted by atomic mass is 32.1. The summed E-state index contributed by atoms with van der Waals surface area (Å²) < 4.78 is 8.30. The molecule has 0 saturated carbocycles. The van der Waals surface area contributed by atoms with E-state index in [0.717, 1.165) is 25.1 Å². The number of nitrogens with two attached hydrogens (primary N) is 1. The molecule has 184 valence electrons. The largest absolute Gasteiger partial charge is 0.497 e. The summed E-state index contributed by atoms with van der Waals surface area (Å²) >= 11 is 1.46. The number of nitriles is 1. The zero-order valence-corrected chi connectivity index (χ0v) is 20.6. The van der Waals surface area contributed by atoms with E-state index in [1.165, 1.54) is 29.3 Å². The Kier molecular flexibility index (Phi) is 6.54. The third kappa shape index (κ3) is 4.36. The quantitative estimate of drug-likeness (QED) is 0.380. The predicted octanol–water partition coefficient (Wildman–Crippen LogP) is 2.39. The number of benzene rings is 1. The Morgan fingerprint density at radius 1 is 1.36 bits per heavy atom. The smallest absolute Gasteiger partial charge is 0.278 e. The second kappa shape index (κ2) is 9.93. The fourth-order valence-corrected chi connectivity index (χ4v) is 5.22. The summed E-state index contributed by atoms with van der Waals surface area (Å²) in [5.74, 6) is 0.927. The van der Waals surface area contributed by atoms with E-state index in [9.17, 15) is 14.9 Å². The molecule has 2 N–H and O–H groups in total. The van der Waals surface area contributed by atoms with Gasteiger partial charge in [0.2, 0.25) is 0 Å². The van der Waals surface area contributed by atoms with E-state index in [1.807, 2.05) is 9.95 Å². The average molecular weight is 504 g/mol. The van der Waals surface area contributed by atoms with Gasteiger partial charge in [-0.3, -0.25) is 14.2 Å². The number of Topliss-reactive ketones (excluding diaryl/α,β-unsaturated/α-hetero) is 1. The van der Waals surface area contributed by atoms with E-state index in [2.05, 4.69) is 20.9 Å². The molecule has 1 aromatic carbocycles. The van der Waals surface area contributed by atoms with E-state index in [1.54, 1.807) is 29.8 Å². The Labute approximate surface area is 211 Å². The second-order valence-corrected chi connectivity index (χ2v) is 9.47. The molecule has 0 radical (unpaired) electrons. The van der Waals surface area contributed by atoms with Crippen molar-refractivity contribution in [1.82, 2.24) is 19.1 Å². The molecule has 1 atom stereocenters. The number of ether oxygens (including phenoxy) is 1. The Balaban J connectivity index is 1.63. The van der Waals surface area contributed by atoms with Crippen LogP contribution in [0.15, 0.2) is 46.3 Å². The van der Waals surface area contributed by atoms with Crippen molar-refractivity contribution in [2.75, 3.05) is 25.1 Å². The highest BCUT2D eigenvalue weighted by Crippen LogP contribution is 2.32. The van der Waals surface area contributed by atoms with Gasteiger partial charge in [-0.05, 0) is 25.0 Å². The molecule has 4 heterocycles. The van der Waals surface area contributed by atoms with Crippen LogP contribution in [-0.2, 0) is 13.1 Å².